The molecule has 2 N–H and O–H groups in total. The number of phenolic OH excluding ortho intramolecular Hbond substituents is 2. The van der Waals surface area contributed by atoms with Gasteiger partial charge in [-0.05, 0) is 110 Å². The van der Waals surface area contributed by atoms with Crippen LogP contribution in [0.5, 0.6) is 11.5 Å². The molecule has 0 saturated heterocycles. The van der Waals surface area contributed by atoms with Crippen LogP contribution in [0.2, 0.25) is 0 Å². The van der Waals surface area contributed by atoms with Crippen LogP contribution in [0.4, 0.5) is 0 Å². The van der Waals surface area contributed by atoms with E-state index in [1.807, 2.05) is 19.1 Å². The van der Waals surface area contributed by atoms with Crippen LogP contribution >= 0.6 is 0 Å². The van der Waals surface area contributed by atoms with Gasteiger partial charge in [0.25, 0.3) is 0 Å². The highest BCUT2D eigenvalue weighted by Crippen LogP contribution is 2.39. The number of hydrogen-bond donors (Lipinski definition) is 2. The first kappa shape index (κ1) is 31.0. The summed E-state index contributed by atoms with van der Waals surface area (Å²) >= 11 is 0. The van der Waals surface area contributed by atoms with Crippen LogP contribution in [0.25, 0.3) is 0 Å². The maximum Gasteiger partial charge on any atom is 0.222 e. The molecular formula is C38H55NO3. The summed E-state index contributed by atoms with van der Waals surface area (Å²) in [5.41, 5.74) is 4.85. The first-order chi connectivity index (χ1) is 20.5. The lowest BCUT2D eigenvalue weighted by Gasteiger charge is -2.40. The van der Waals surface area contributed by atoms with Gasteiger partial charge in [0.1, 0.15) is 11.5 Å². The van der Waals surface area contributed by atoms with E-state index >= 15 is 0 Å². The lowest BCUT2D eigenvalue weighted by molar-refractivity contribution is -0.137. The fourth-order valence-electron chi connectivity index (χ4n) is 8.34. The molecule has 0 heterocycles. The Morgan fingerprint density at radius 3 is 1.55 bits per heavy atom. The quantitative estimate of drug-likeness (QED) is 0.281. The van der Waals surface area contributed by atoms with Crippen LogP contribution in [-0.2, 0) is 17.6 Å². The molecule has 0 bridgehead atoms. The smallest absolute Gasteiger partial charge is 0.222 e. The van der Waals surface area contributed by atoms with Gasteiger partial charge in [0.05, 0.1) is 0 Å². The second-order valence-electron chi connectivity index (χ2n) is 13.6. The van der Waals surface area contributed by atoms with E-state index in [2.05, 4.69) is 29.2 Å². The molecule has 3 aliphatic carbocycles. The van der Waals surface area contributed by atoms with Crippen LogP contribution in [-0.4, -0.2) is 33.1 Å². The predicted molar refractivity (Wildman–Crippen MR) is 172 cm³/mol. The fraction of sp³-hybridized carbons (Fsp3) is 0.658. The van der Waals surface area contributed by atoms with Crippen molar-refractivity contribution in [1.29, 1.82) is 0 Å². The van der Waals surface area contributed by atoms with E-state index in [1.54, 1.807) is 0 Å². The van der Waals surface area contributed by atoms with E-state index in [0.29, 0.717) is 41.7 Å². The zero-order valence-corrected chi connectivity index (χ0v) is 26.2. The Hall–Kier alpha value is -2.49. The largest absolute Gasteiger partial charge is 0.508 e. The molecule has 0 atom stereocenters. The first-order valence-corrected chi connectivity index (χ1v) is 17.5. The Kier molecular flexibility index (Phi) is 11.3. The standard InChI is InChI=1S/C38H55NO3/c1-2-38(42)39(32-16-10-5-11-17-32)33(22-18-28-20-24-36(40)34(26-28)30-12-6-3-7-13-30)23-19-29-21-25-37(41)35(27-29)31-14-8-4-9-15-31/h20-21,24-27,30-33,40-41H,2-19,22-23H2,1H3. The highest BCUT2D eigenvalue weighted by Gasteiger charge is 2.31. The Morgan fingerprint density at radius 1 is 0.690 bits per heavy atom. The number of nitrogens with zero attached hydrogens (tertiary/aromatic N) is 1. The fourth-order valence-corrected chi connectivity index (χ4v) is 8.34. The van der Waals surface area contributed by atoms with Crippen molar-refractivity contribution in [2.45, 2.75) is 159 Å². The van der Waals surface area contributed by atoms with E-state index in [9.17, 15) is 15.0 Å². The van der Waals surface area contributed by atoms with Crippen LogP contribution < -0.4 is 0 Å². The van der Waals surface area contributed by atoms with Crippen molar-refractivity contribution in [2.24, 2.45) is 0 Å². The van der Waals surface area contributed by atoms with Gasteiger partial charge >= 0.3 is 0 Å². The maximum atomic E-state index is 13.5. The van der Waals surface area contributed by atoms with Gasteiger partial charge in [-0.2, -0.15) is 0 Å². The topological polar surface area (TPSA) is 60.8 Å². The van der Waals surface area contributed by atoms with Crippen LogP contribution in [0.1, 0.15) is 157 Å². The summed E-state index contributed by atoms with van der Waals surface area (Å²) < 4.78 is 0. The van der Waals surface area contributed by atoms with Crippen LogP contribution in [0.15, 0.2) is 36.4 Å². The molecule has 42 heavy (non-hydrogen) atoms. The lowest BCUT2D eigenvalue weighted by atomic mass is 9.82. The average molecular weight is 574 g/mol. The van der Waals surface area contributed by atoms with Crippen molar-refractivity contribution in [3.8, 4) is 11.5 Å². The molecule has 230 valence electrons. The van der Waals surface area contributed by atoms with Gasteiger partial charge in [-0.3, -0.25) is 4.79 Å². The molecule has 3 saturated carbocycles. The molecule has 1 amide bonds. The Balaban J connectivity index is 1.35. The van der Waals surface area contributed by atoms with Crippen molar-refractivity contribution in [3.63, 3.8) is 0 Å². The zero-order valence-electron chi connectivity index (χ0n) is 26.2. The predicted octanol–water partition coefficient (Wildman–Crippen LogP) is 9.70. The minimum absolute atomic E-state index is 0.194. The minimum atomic E-state index is 0.194. The number of hydrogen-bond acceptors (Lipinski definition) is 3. The monoisotopic (exact) mass is 573 g/mol. The normalized spacial score (nSPS) is 19.3. The van der Waals surface area contributed by atoms with E-state index in [4.69, 9.17) is 0 Å². The molecule has 3 fully saturated rings. The third kappa shape index (κ3) is 7.91. The lowest BCUT2D eigenvalue weighted by Crippen LogP contribution is -2.48. The summed E-state index contributed by atoms with van der Waals surface area (Å²) in [5, 5.41) is 21.4. The van der Waals surface area contributed by atoms with Crippen LogP contribution in [0, 0.1) is 0 Å². The molecule has 0 spiro atoms. The number of aryl methyl sites for hydroxylation is 2. The summed E-state index contributed by atoms with van der Waals surface area (Å²) in [7, 11) is 0. The van der Waals surface area contributed by atoms with Crippen molar-refractivity contribution in [3.05, 3.63) is 58.7 Å². The van der Waals surface area contributed by atoms with Gasteiger partial charge < -0.3 is 15.1 Å². The highest BCUT2D eigenvalue weighted by atomic mass is 16.3. The third-order valence-electron chi connectivity index (χ3n) is 10.8. The molecule has 2 aromatic carbocycles. The van der Waals surface area contributed by atoms with Crippen LogP contribution in [0.3, 0.4) is 0 Å². The van der Waals surface area contributed by atoms with Crippen molar-refractivity contribution in [2.75, 3.05) is 0 Å². The zero-order chi connectivity index (χ0) is 29.3. The molecular weight excluding hydrogens is 518 g/mol. The third-order valence-corrected chi connectivity index (χ3v) is 10.8. The van der Waals surface area contributed by atoms with Crippen molar-refractivity contribution >= 4 is 5.91 Å². The number of phenols is 2. The number of carbonyl (C=O) groups is 1. The van der Waals surface area contributed by atoms with Crippen molar-refractivity contribution < 1.29 is 15.0 Å². The summed E-state index contributed by atoms with van der Waals surface area (Å²) in [6.07, 6.45) is 22.6. The second kappa shape index (κ2) is 15.3. The molecule has 4 nitrogen and oxygen atoms in total. The van der Waals surface area contributed by atoms with E-state index in [-0.39, 0.29) is 6.04 Å². The first-order valence-electron chi connectivity index (χ1n) is 17.5. The summed E-state index contributed by atoms with van der Waals surface area (Å²) in [5.74, 6) is 2.15. The molecule has 2 aromatic rings. The van der Waals surface area contributed by atoms with Gasteiger partial charge in [0, 0.05) is 18.5 Å². The molecule has 4 heteroatoms. The molecule has 0 unspecified atom stereocenters. The number of amides is 1. The van der Waals surface area contributed by atoms with E-state index < -0.39 is 0 Å². The molecule has 5 rings (SSSR count). The Labute approximate surface area is 254 Å². The molecule has 0 radical (unpaired) electrons. The molecule has 3 aliphatic rings. The van der Waals surface area contributed by atoms with Gasteiger partial charge in [-0.1, -0.05) is 89.0 Å². The Morgan fingerprint density at radius 2 is 1.12 bits per heavy atom. The van der Waals surface area contributed by atoms with E-state index in [1.165, 1.54) is 94.6 Å². The van der Waals surface area contributed by atoms with E-state index in [0.717, 1.165) is 49.7 Å². The summed E-state index contributed by atoms with van der Waals surface area (Å²) in [6.45, 7) is 2.02. The highest BCUT2D eigenvalue weighted by molar-refractivity contribution is 5.76. The SMILES string of the molecule is CCC(=O)N(C1CCCCC1)C(CCc1ccc(O)c(C2CCCCC2)c1)CCc1ccc(O)c(C2CCCCC2)c1. The maximum absolute atomic E-state index is 13.5. The number of rotatable bonds is 11. The second-order valence-corrected chi connectivity index (χ2v) is 13.6. The van der Waals surface area contributed by atoms with Gasteiger partial charge in [-0.15, -0.1) is 0 Å². The van der Waals surface area contributed by atoms with Crippen molar-refractivity contribution in [1.82, 2.24) is 4.90 Å². The minimum Gasteiger partial charge on any atom is -0.508 e. The average Bonchev–Trinajstić information content (AvgIpc) is 3.04. The number of carbonyl (C=O) groups excluding carboxylic acids is 1. The molecule has 0 aliphatic heterocycles. The Bertz CT molecular complexity index is 1070. The number of benzene rings is 2. The summed E-state index contributed by atoms with van der Waals surface area (Å²) in [4.78, 5) is 15.9. The number of aromatic hydroxyl groups is 2. The van der Waals surface area contributed by atoms with Gasteiger partial charge in [-0.25, -0.2) is 0 Å². The summed E-state index contributed by atoms with van der Waals surface area (Å²) in [6, 6.07) is 13.1. The molecule has 0 aromatic heterocycles. The van der Waals surface area contributed by atoms with Gasteiger partial charge in [0.2, 0.25) is 5.91 Å². The van der Waals surface area contributed by atoms with Gasteiger partial charge in [0.15, 0.2) is 0 Å².